The van der Waals surface area contributed by atoms with Crippen molar-refractivity contribution in [2.45, 2.75) is 88.0 Å². The number of rotatable bonds is 14. The highest BCUT2D eigenvalue weighted by molar-refractivity contribution is 7.33. The van der Waals surface area contributed by atoms with E-state index in [9.17, 15) is 38.4 Å². The number of nitrogens with one attached hydrogen (secondary N) is 2. The van der Waals surface area contributed by atoms with E-state index in [1.165, 1.54) is 30.5 Å². The van der Waals surface area contributed by atoms with Crippen LogP contribution in [0.3, 0.4) is 0 Å². The van der Waals surface area contributed by atoms with E-state index in [1.807, 2.05) is 33.9 Å². The van der Waals surface area contributed by atoms with Gasteiger partial charge in [-0.05, 0) is 42.4 Å². The average Bonchev–Trinajstić information content (AvgIpc) is 3.69. The van der Waals surface area contributed by atoms with Crippen molar-refractivity contribution in [3.63, 3.8) is 0 Å². The molecule has 1 unspecified atom stereocenters. The normalized spacial score (nSPS) is 24.7. The molecule has 2 fully saturated rings. The van der Waals surface area contributed by atoms with Gasteiger partial charge in [-0.25, -0.2) is 19.2 Å². The van der Waals surface area contributed by atoms with Gasteiger partial charge < -0.3 is 28.5 Å². The van der Waals surface area contributed by atoms with Gasteiger partial charge in [0.05, 0.1) is 17.7 Å². The zero-order valence-electron chi connectivity index (χ0n) is 32.6. The predicted molar refractivity (Wildman–Crippen MR) is 209 cm³/mol. The molecule has 0 amide bonds. The summed E-state index contributed by atoms with van der Waals surface area (Å²) in [6.07, 6.45) is -8.50. The molecule has 314 valence electrons. The van der Waals surface area contributed by atoms with Crippen LogP contribution in [0.4, 0.5) is 0 Å². The van der Waals surface area contributed by atoms with Crippen LogP contribution in [-0.2, 0) is 37.0 Å². The van der Waals surface area contributed by atoms with Crippen molar-refractivity contribution in [3.05, 3.63) is 138 Å². The summed E-state index contributed by atoms with van der Waals surface area (Å²) in [7, 11) is -5.88. The molecule has 0 aliphatic carbocycles. The van der Waals surface area contributed by atoms with Crippen molar-refractivity contribution in [2.24, 2.45) is 0 Å². The van der Waals surface area contributed by atoms with Gasteiger partial charge in [-0.2, -0.15) is 0 Å². The maximum atomic E-state index is 13.8. The third-order valence-corrected chi connectivity index (χ3v) is 15.5. The lowest BCUT2D eigenvalue weighted by molar-refractivity contribution is -0.0602. The zero-order valence-corrected chi connectivity index (χ0v) is 34.5. The van der Waals surface area contributed by atoms with Crippen LogP contribution >= 0.6 is 8.25 Å². The maximum Gasteiger partial charge on any atom is 0.697 e. The van der Waals surface area contributed by atoms with E-state index in [1.54, 1.807) is 36.4 Å². The van der Waals surface area contributed by atoms with E-state index in [4.69, 9.17) is 32.4 Å². The molecule has 3 N–H and O–H groups in total. The largest absolute Gasteiger partial charge is 0.697 e. The molecule has 59 heavy (non-hydrogen) atoms. The number of H-pyrrole nitrogens is 2. The Bertz CT molecular complexity index is 2380. The Morgan fingerprint density at radius 3 is 1.68 bits per heavy atom. The molecule has 0 bridgehead atoms. The minimum absolute atomic E-state index is 0.124. The van der Waals surface area contributed by atoms with E-state index in [0.29, 0.717) is 0 Å². The van der Waals surface area contributed by atoms with Crippen LogP contribution in [0.5, 0.6) is 0 Å². The molecule has 4 aromatic rings. The Morgan fingerprint density at radius 2 is 1.20 bits per heavy atom. The molecule has 21 heteroatoms. The monoisotopic (exact) mass is 855 g/mol. The van der Waals surface area contributed by atoms with Crippen molar-refractivity contribution in [1.29, 1.82) is 0 Å². The van der Waals surface area contributed by atoms with Gasteiger partial charge in [-0.15, -0.1) is 9.05 Å². The number of hydrogen-bond donors (Lipinski definition) is 3. The van der Waals surface area contributed by atoms with Gasteiger partial charge in [-0.3, -0.25) is 28.7 Å². The van der Waals surface area contributed by atoms with Crippen LogP contribution in [0.2, 0.25) is 18.1 Å². The molecule has 9 atom stereocenters. The Morgan fingerprint density at radius 1 is 0.729 bits per heavy atom. The highest BCUT2D eigenvalue weighted by Gasteiger charge is 2.56. The number of aromatic nitrogens is 4. The van der Waals surface area contributed by atoms with Gasteiger partial charge in [0.25, 0.3) is 11.1 Å². The number of nitrogens with zero attached hydrogens (tertiary/aromatic N) is 2. The van der Waals surface area contributed by atoms with E-state index < -0.39 is 113 Å². The Labute approximate surface area is 337 Å². The first-order valence-corrected chi connectivity index (χ1v) is 22.5. The van der Waals surface area contributed by atoms with Crippen molar-refractivity contribution in [2.75, 3.05) is 13.2 Å². The van der Waals surface area contributed by atoms with Gasteiger partial charge in [0, 0.05) is 29.1 Å². The fraction of sp³-hybridized carbons (Fsp3) is 0.421. The van der Waals surface area contributed by atoms with Gasteiger partial charge in [0.15, 0.2) is 39.1 Å². The third-order valence-electron chi connectivity index (χ3n) is 10.3. The summed E-state index contributed by atoms with van der Waals surface area (Å²) < 4.78 is 58.0. The zero-order chi connectivity index (χ0) is 42.6. The molecular weight excluding hydrogens is 811 g/mol. The molecule has 2 aromatic heterocycles. The summed E-state index contributed by atoms with van der Waals surface area (Å²) >= 11 is 0. The van der Waals surface area contributed by atoms with E-state index in [-0.39, 0.29) is 16.2 Å². The topological polar surface area (TPSA) is 246 Å². The van der Waals surface area contributed by atoms with Crippen LogP contribution in [0, 0.1) is 0 Å². The first-order valence-electron chi connectivity index (χ1n) is 18.5. The molecule has 2 aliphatic heterocycles. The molecule has 2 saturated heterocycles. The van der Waals surface area contributed by atoms with Crippen molar-refractivity contribution in [3.8, 4) is 0 Å². The summed E-state index contributed by atoms with van der Waals surface area (Å²) in [6.45, 7) is 8.47. The quantitative estimate of drug-likeness (QED) is 0.0938. The molecule has 0 radical (unpaired) electrons. The van der Waals surface area contributed by atoms with Gasteiger partial charge in [0.2, 0.25) is 0 Å². The number of carbonyl (C=O) groups excluding carboxylic acids is 2. The molecule has 19 nitrogen and oxygen atoms in total. The van der Waals surface area contributed by atoms with E-state index in [2.05, 4.69) is 9.97 Å². The summed E-state index contributed by atoms with van der Waals surface area (Å²) in [5.41, 5.74) is -2.88. The van der Waals surface area contributed by atoms with Crippen LogP contribution in [0.15, 0.2) is 104 Å². The second-order valence-corrected chi connectivity index (χ2v) is 20.9. The predicted octanol–water partition coefficient (Wildman–Crippen LogP) is 2.77. The van der Waals surface area contributed by atoms with Crippen LogP contribution in [0.1, 0.15) is 53.9 Å². The molecule has 2 aliphatic rings. The Hall–Kier alpha value is -5.18. The molecule has 2 aromatic carbocycles. The summed E-state index contributed by atoms with van der Waals surface area (Å²) in [6, 6.07) is 17.9. The van der Waals surface area contributed by atoms with E-state index in [0.717, 1.165) is 27.5 Å². The highest BCUT2D eigenvalue weighted by atomic mass is 31.1. The highest BCUT2D eigenvalue weighted by Crippen LogP contribution is 2.45. The number of hydrogen-bond acceptors (Lipinski definition) is 15. The van der Waals surface area contributed by atoms with Crippen LogP contribution in [-0.4, -0.2) is 94.3 Å². The molecule has 6 rings (SSSR count). The van der Waals surface area contributed by atoms with Crippen molar-refractivity contribution in [1.82, 2.24) is 19.1 Å². The number of carbonyl (C=O) groups is 2. The van der Waals surface area contributed by atoms with Crippen LogP contribution in [0.25, 0.3) is 0 Å². The lowest BCUT2D eigenvalue weighted by atomic mass is 10.1. The molecule has 4 heterocycles. The number of aliphatic hydroxyl groups excluding tert-OH is 1. The molecule has 0 spiro atoms. The fourth-order valence-corrected chi connectivity index (χ4v) is 8.30. The minimum Gasteiger partial charge on any atom is -0.452 e. The molecular formula is C38H44N4O15PSi+. The first-order chi connectivity index (χ1) is 28.0. The minimum atomic E-state index is -3.16. The number of benzene rings is 2. The van der Waals surface area contributed by atoms with Gasteiger partial charge in [0.1, 0.15) is 24.9 Å². The maximum absolute atomic E-state index is 13.8. The average molecular weight is 856 g/mol. The summed E-state index contributed by atoms with van der Waals surface area (Å²) in [4.78, 5) is 81.1. The number of ether oxygens (including phenoxy) is 4. The van der Waals surface area contributed by atoms with Crippen LogP contribution < -0.4 is 22.5 Å². The lowest BCUT2D eigenvalue weighted by Crippen LogP contribution is -2.50. The number of aliphatic hydroxyl groups is 1. The molecule has 0 saturated carbocycles. The fourth-order valence-electron chi connectivity index (χ4n) is 6.23. The summed E-state index contributed by atoms with van der Waals surface area (Å²) in [5.74, 6) is -1.72. The smallest absolute Gasteiger partial charge is 0.452 e. The second kappa shape index (κ2) is 18.0. The van der Waals surface area contributed by atoms with Gasteiger partial charge in [-0.1, -0.05) is 57.2 Å². The standard InChI is InChI=1S/C38H43N4O15PSi/c1-38(2,3)59(4,5)57-31-29(24(20-43)52-33(31)42-19-17-27(45)40-37(42)49)56-58(50)51-21-25-28(54-34(46)22-12-8-6-9-13-22)30(55-35(47)23-14-10-7-11-15-23)32(53-25)41-18-16-26(44)39-36(41)48/h6-19,24-25,28-33,43H,20-21H2,1-5H3,(H-,39,40,44,45,48,49)/p+1/t24-,25-,28-,29-,30-,31-,32-,33-/m1/s1. The SMILES string of the molecule is CC(C)(C)[Si](C)(C)O[C@@H]1[C@H](O[P+](=O)OC[C@H]2O[C@@H](n3ccc(=O)[nH]c3=O)[C@H](OC(=O)c3ccccc3)[C@@H]2OC(=O)c2ccccc2)[C@@H](CO)O[C@H]1n1ccc(=O)[nH]c1=O. The number of aromatic amines is 2. The third kappa shape index (κ3) is 9.83. The number of esters is 2. The van der Waals surface area contributed by atoms with E-state index >= 15 is 0 Å². The summed E-state index contributed by atoms with van der Waals surface area (Å²) in [5, 5.41) is 10.0. The Balaban J connectivity index is 1.30. The van der Waals surface area contributed by atoms with Crippen molar-refractivity contribution >= 4 is 28.5 Å². The van der Waals surface area contributed by atoms with Crippen molar-refractivity contribution < 1.29 is 51.7 Å². The van der Waals surface area contributed by atoms with Gasteiger partial charge >= 0.3 is 31.6 Å². The lowest BCUT2D eigenvalue weighted by Gasteiger charge is -2.40. The first kappa shape index (κ1) is 43.4. The Kier molecular flexibility index (Phi) is 13.2. The second-order valence-electron chi connectivity index (χ2n) is 15.3.